The van der Waals surface area contributed by atoms with E-state index in [2.05, 4.69) is 19.2 Å². The van der Waals surface area contributed by atoms with Gasteiger partial charge in [0, 0.05) is 13.0 Å². The first-order chi connectivity index (χ1) is 24.2. The molecule has 1 rings (SSSR count). The van der Waals surface area contributed by atoms with Crippen LogP contribution in [-0.2, 0) is 14.3 Å². The molecule has 0 aromatic rings. The molecule has 296 valence electrons. The van der Waals surface area contributed by atoms with E-state index in [9.17, 15) is 24.9 Å². The Morgan fingerprint density at radius 3 is 1.46 bits per heavy atom. The van der Waals surface area contributed by atoms with Gasteiger partial charge in [-0.2, -0.15) is 0 Å². The van der Waals surface area contributed by atoms with Crippen LogP contribution in [0.2, 0.25) is 0 Å². The van der Waals surface area contributed by atoms with Crippen LogP contribution in [0, 0.1) is 5.92 Å². The molecular formula is C41H81N3O6. The molecule has 0 aromatic heterocycles. The van der Waals surface area contributed by atoms with Crippen molar-refractivity contribution in [2.45, 2.75) is 231 Å². The number of carbonyl (C=O) groups excluding carboxylic acids is 2. The summed E-state index contributed by atoms with van der Waals surface area (Å²) in [6.45, 7) is 8.07. The second-order valence-corrected chi connectivity index (χ2v) is 15.5. The third kappa shape index (κ3) is 20.1. The lowest BCUT2D eigenvalue weighted by Gasteiger charge is -2.47. The number of hydrogen-bond acceptors (Lipinski definition) is 7. The summed E-state index contributed by atoms with van der Waals surface area (Å²) in [5.41, 5.74) is 6.12. The zero-order valence-electron chi connectivity index (χ0n) is 32.9. The van der Waals surface area contributed by atoms with Gasteiger partial charge in [-0.1, -0.05) is 175 Å². The fourth-order valence-electron chi connectivity index (χ4n) is 7.04. The van der Waals surface area contributed by atoms with E-state index in [1.54, 1.807) is 4.90 Å². The quantitative estimate of drug-likeness (QED) is 0.0446. The number of aliphatic hydroxyl groups is 3. The van der Waals surface area contributed by atoms with Gasteiger partial charge in [0.1, 0.15) is 24.4 Å². The van der Waals surface area contributed by atoms with Gasteiger partial charge in [-0.3, -0.25) is 9.59 Å². The zero-order chi connectivity index (χ0) is 37.0. The first-order valence-corrected chi connectivity index (χ1v) is 21.2. The van der Waals surface area contributed by atoms with Gasteiger partial charge in [0.25, 0.3) is 0 Å². The van der Waals surface area contributed by atoms with Crippen LogP contribution in [0.4, 0.5) is 0 Å². The highest BCUT2D eigenvalue weighted by Crippen LogP contribution is 2.26. The molecule has 6 atom stereocenters. The van der Waals surface area contributed by atoms with Crippen molar-refractivity contribution < 1.29 is 29.6 Å². The maximum Gasteiger partial charge on any atom is 0.237 e. The number of amides is 2. The summed E-state index contributed by atoms with van der Waals surface area (Å²) in [7, 11) is 0. The normalized spacial score (nSPS) is 21.4. The topological polar surface area (TPSA) is 145 Å². The van der Waals surface area contributed by atoms with Gasteiger partial charge in [-0.05, 0) is 18.8 Å². The molecule has 0 aromatic carbocycles. The Labute approximate surface area is 307 Å². The Morgan fingerprint density at radius 2 is 1.06 bits per heavy atom. The van der Waals surface area contributed by atoms with Crippen molar-refractivity contribution in [1.82, 2.24) is 10.2 Å². The smallest absolute Gasteiger partial charge is 0.237 e. The molecule has 1 saturated heterocycles. The van der Waals surface area contributed by atoms with Gasteiger partial charge in [-0.15, -0.1) is 0 Å². The number of carbonyl (C=O) groups is 2. The van der Waals surface area contributed by atoms with Crippen molar-refractivity contribution >= 4 is 11.8 Å². The molecule has 50 heavy (non-hydrogen) atoms. The van der Waals surface area contributed by atoms with Crippen LogP contribution in [-0.4, -0.2) is 81.8 Å². The Kier molecular flexibility index (Phi) is 28.3. The van der Waals surface area contributed by atoms with E-state index in [4.69, 9.17) is 10.5 Å². The van der Waals surface area contributed by atoms with Crippen molar-refractivity contribution in [2.24, 2.45) is 11.7 Å². The predicted molar refractivity (Wildman–Crippen MR) is 206 cm³/mol. The number of nitrogens with two attached hydrogens (primary N) is 1. The minimum absolute atomic E-state index is 0.0911. The molecule has 6 N–H and O–H groups in total. The molecule has 0 unspecified atom stereocenters. The Bertz CT molecular complexity index is 830. The Hall–Kier alpha value is -1.26. The van der Waals surface area contributed by atoms with Crippen LogP contribution in [0.3, 0.4) is 0 Å². The van der Waals surface area contributed by atoms with Gasteiger partial charge in [0.05, 0.1) is 12.6 Å². The van der Waals surface area contributed by atoms with Gasteiger partial charge in [-0.25, -0.2) is 0 Å². The second-order valence-electron chi connectivity index (χ2n) is 15.5. The van der Waals surface area contributed by atoms with Gasteiger partial charge in [0.15, 0.2) is 6.23 Å². The summed E-state index contributed by atoms with van der Waals surface area (Å²) in [6, 6.07) is -1.89. The molecule has 9 heteroatoms. The van der Waals surface area contributed by atoms with Crippen LogP contribution in [0.5, 0.6) is 0 Å². The lowest BCUT2D eigenvalue weighted by atomic mass is 9.94. The third-order valence-corrected chi connectivity index (χ3v) is 10.6. The highest BCUT2D eigenvalue weighted by molar-refractivity contribution is 5.82. The number of nitrogens with zero attached hydrogens (tertiary/aromatic N) is 1. The first-order valence-electron chi connectivity index (χ1n) is 21.2. The van der Waals surface area contributed by atoms with E-state index in [0.29, 0.717) is 13.0 Å². The number of ether oxygens (including phenoxy) is 1. The number of unbranched alkanes of at least 4 members (excludes halogenated alkanes) is 23. The second kappa shape index (κ2) is 30.2. The van der Waals surface area contributed by atoms with Crippen LogP contribution >= 0.6 is 0 Å². The molecule has 1 fully saturated rings. The van der Waals surface area contributed by atoms with E-state index in [1.807, 2.05) is 13.8 Å². The summed E-state index contributed by atoms with van der Waals surface area (Å²) in [4.78, 5) is 28.5. The fourth-order valence-corrected chi connectivity index (χ4v) is 7.04. The van der Waals surface area contributed by atoms with Crippen molar-refractivity contribution in [3.63, 3.8) is 0 Å². The summed E-state index contributed by atoms with van der Waals surface area (Å²) < 4.78 is 6.12. The van der Waals surface area contributed by atoms with Gasteiger partial charge < -0.3 is 36.0 Å². The molecule has 9 nitrogen and oxygen atoms in total. The molecule has 2 amide bonds. The van der Waals surface area contributed by atoms with Gasteiger partial charge >= 0.3 is 0 Å². The number of hydrogen-bond donors (Lipinski definition) is 5. The Morgan fingerprint density at radius 1 is 0.660 bits per heavy atom. The number of aliphatic hydroxyl groups excluding tert-OH is 3. The summed E-state index contributed by atoms with van der Waals surface area (Å²) in [5, 5.41) is 34.6. The van der Waals surface area contributed by atoms with Crippen molar-refractivity contribution in [3.8, 4) is 0 Å². The lowest BCUT2D eigenvalue weighted by Crippen LogP contribution is -2.69. The van der Waals surface area contributed by atoms with E-state index in [-0.39, 0.29) is 11.8 Å². The highest BCUT2D eigenvalue weighted by Gasteiger charge is 2.48. The molecule has 1 aliphatic heterocycles. The predicted octanol–water partition coefficient (Wildman–Crippen LogP) is 7.90. The third-order valence-electron chi connectivity index (χ3n) is 10.6. The minimum Gasteiger partial charge on any atom is -0.394 e. The largest absolute Gasteiger partial charge is 0.394 e. The standard InChI is InChI=1S/C41H81N3O6/c1-5-7-9-11-13-15-16-17-18-19-20-21-23-25-27-29-31-44(35(46)30-28-26-24-22-14-12-10-8-6-2)41-37(43-40(49)36(42)33(3)4)39(48)38(47)34(32-45)50-41/h33-34,36-39,41,45,47-48H,5-32,42H2,1-4H3,(H,43,49)/t34-,36-,37-,38-,39-,41-/m1/s1. The van der Waals surface area contributed by atoms with E-state index >= 15 is 0 Å². The van der Waals surface area contributed by atoms with Crippen LogP contribution in [0.25, 0.3) is 0 Å². The summed E-state index contributed by atoms with van der Waals surface area (Å²) in [6.07, 6.45) is 25.9. The van der Waals surface area contributed by atoms with Crippen molar-refractivity contribution in [3.05, 3.63) is 0 Å². The molecular weight excluding hydrogens is 630 g/mol. The molecule has 0 radical (unpaired) electrons. The maximum absolute atomic E-state index is 13.8. The first kappa shape index (κ1) is 46.8. The SMILES string of the molecule is CCCCCCCCCCCCCCCCCCN(C(=O)CCCCCCCCCCC)[C@@H]1O[C@H](CO)[C@@H](O)[C@H](O)[C@H]1NC(=O)[C@H](N)C(C)C. The molecule has 0 bridgehead atoms. The fraction of sp³-hybridized carbons (Fsp3) is 0.951. The molecule has 0 aliphatic carbocycles. The van der Waals surface area contributed by atoms with E-state index in [0.717, 1.165) is 38.5 Å². The molecule has 0 saturated carbocycles. The van der Waals surface area contributed by atoms with Crippen LogP contribution < -0.4 is 11.1 Å². The Balaban J connectivity index is 2.69. The monoisotopic (exact) mass is 712 g/mol. The van der Waals surface area contributed by atoms with E-state index < -0.39 is 49.1 Å². The minimum atomic E-state index is -1.43. The molecule has 1 aliphatic rings. The molecule has 1 heterocycles. The zero-order valence-corrected chi connectivity index (χ0v) is 32.9. The summed E-state index contributed by atoms with van der Waals surface area (Å²) >= 11 is 0. The lowest BCUT2D eigenvalue weighted by molar-refractivity contribution is -0.231. The van der Waals surface area contributed by atoms with Crippen LogP contribution in [0.1, 0.15) is 195 Å². The maximum atomic E-state index is 13.8. The van der Waals surface area contributed by atoms with Crippen molar-refractivity contribution in [1.29, 1.82) is 0 Å². The average Bonchev–Trinajstić information content (AvgIpc) is 3.10. The molecule has 0 spiro atoms. The summed E-state index contributed by atoms with van der Waals surface area (Å²) in [5.74, 6) is -0.702. The highest BCUT2D eigenvalue weighted by atomic mass is 16.5. The average molecular weight is 712 g/mol. The van der Waals surface area contributed by atoms with E-state index in [1.165, 1.54) is 122 Å². The van der Waals surface area contributed by atoms with Crippen LogP contribution in [0.15, 0.2) is 0 Å². The van der Waals surface area contributed by atoms with Crippen molar-refractivity contribution in [2.75, 3.05) is 13.2 Å². The number of nitrogens with one attached hydrogen (secondary N) is 1. The number of rotatable bonds is 32. The van der Waals surface area contributed by atoms with Gasteiger partial charge in [0.2, 0.25) is 11.8 Å².